The lowest BCUT2D eigenvalue weighted by Gasteiger charge is -2.31. The SMILES string of the molecule is COC(=O)CC(=O)CC(O)(CCc1ccccc1F)C(C)C. The van der Waals surface area contributed by atoms with E-state index in [1.54, 1.807) is 32.0 Å². The number of esters is 1. The van der Waals surface area contributed by atoms with Gasteiger partial charge in [-0.25, -0.2) is 4.39 Å². The molecule has 0 aliphatic carbocycles. The minimum Gasteiger partial charge on any atom is -0.469 e. The summed E-state index contributed by atoms with van der Waals surface area (Å²) in [6.45, 7) is 3.60. The van der Waals surface area contributed by atoms with Crippen LogP contribution in [0.3, 0.4) is 0 Å². The highest BCUT2D eigenvalue weighted by molar-refractivity contribution is 5.95. The maximum atomic E-state index is 13.6. The van der Waals surface area contributed by atoms with Gasteiger partial charge in [-0.1, -0.05) is 32.0 Å². The average molecular weight is 310 g/mol. The average Bonchev–Trinajstić information content (AvgIpc) is 2.45. The summed E-state index contributed by atoms with van der Waals surface area (Å²) in [6, 6.07) is 6.36. The molecule has 1 rings (SSSR count). The second-order valence-electron chi connectivity index (χ2n) is 5.82. The van der Waals surface area contributed by atoms with Crippen LogP contribution in [0, 0.1) is 11.7 Å². The molecule has 5 heteroatoms. The zero-order valence-corrected chi connectivity index (χ0v) is 13.3. The highest BCUT2D eigenvalue weighted by Crippen LogP contribution is 2.28. The van der Waals surface area contributed by atoms with Gasteiger partial charge in [0, 0.05) is 6.42 Å². The van der Waals surface area contributed by atoms with E-state index in [4.69, 9.17) is 0 Å². The number of hydrogen-bond acceptors (Lipinski definition) is 4. The zero-order valence-electron chi connectivity index (χ0n) is 13.3. The number of aryl methyl sites for hydroxylation is 1. The molecule has 4 nitrogen and oxygen atoms in total. The Labute approximate surface area is 130 Å². The summed E-state index contributed by atoms with van der Waals surface area (Å²) in [5.41, 5.74) is -0.769. The predicted molar refractivity (Wildman–Crippen MR) is 80.8 cm³/mol. The number of aliphatic hydroxyl groups is 1. The van der Waals surface area contributed by atoms with Crippen molar-refractivity contribution in [3.63, 3.8) is 0 Å². The van der Waals surface area contributed by atoms with Gasteiger partial charge in [-0.2, -0.15) is 0 Å². The first kappa shape index (κ1) is 18.3. The van der Waals surface area contributed by atoms with Crippen LogP contribution < -0.4 is 0 Å². The number of carbonyl (C=O) groups is 2. The molecule has 0 heterocycles. The number of halogens is 1. The highest BCUT2D eigenvalue weighted by atomic mass is 19.1. The first-order valence-electron chi connectivity index (χ1n) is 7.33. The van der Waals surface area contributed by atoms with Crippen molar-refractivity contribution in [1.29, 1.82) is 0 Å². The van der Waals surface area contributed by atoms with Crippen molar-refractivity contribution in [2.45, 2.75) is 45.1 Å². The molecule has 0 saturated heterocycles. The van der Waals surface area contributed by atoms with E-state index in [2.05, 4.69) is 4.74 Å². The third kappa shape index (κ3) is 5.22. The molecule has 1 aromatic carbocycles. The van der Waals surface area contributed by atoms with E-state index >= 15 is 0 Å². The van der Waals surface area contributed by atoms with E-state index in [1.807, 2.05) is 0 Å². The molecule has 1 unspecified atom stereocenters. The van der Waals surface area contributed by atoms with Crippen molar-refractivity contribution in [1.82, 2.24) is 0 Å². The minimum atomic E-state index is -1.27. The highest BCUT2D eigenvalue weighted by Gasteiger charge is 2.34. The third-order valence-corrected chi connectivity index (χ3v) is 3.93. The fourth-order valence-electron chi connectivity index (χ4n) is 2.27. The summed E-state index contributed by atoms with van der Waals surface area (Å²) in [4.78, 5) is 23.0. The van der Waals surface area contributed by atoms with Gasteiger partial charge in [0.2, 0.25) is 0 Å². The lowest BCUT2D eigenvalue weighted by Crippen LogP contribution is -2.38. The molecule has 22 heavy (non-hydrogen) atoms. The second kappa shape index (κ2) is 8.03. The summed E-state index contributed by atoms with van der Waals surface area (Å²) < 4.78 is 18.1. The Kier molecular flexibility index (Phi) is 6.68. The van der Waals surface area contributed by atoms with Crippen molar-refractivity contribution in [3.05, 3.63) is 35.6 Å². The number of hydrogen-bond donors (Lipinski definition) is 1. The Balaban J connectivity index is 2.73. The van der Waals surface area contributed by atoms with E-state index in [-0.39, 0.29) is 36.8 Å². The summed E-state index contributed by atoms with van der Waals surface area (Å²) in [6.07, 6.45) is 0.0742. The Morgan fingerprint density at radius 1 is 1.32 bits per heavy atom. The monoisotopic (exact) mass is 310 g/mol. The molecule has 0 amide bonds. The molecular weight excluding hydrogens is 287 g/mol. The number of carbonyl (C=O) groups excluding carboxylic acids is 2. The molecule has 0 aromatic heterocycles. The fourth-order valence-corrected chi connectivity index (χ4v) is 2.27. The van der Waals surface area contributed by atoms with Crippen molar-refractivity contribution < 1.29 is 23.8 Å². The number of Topliss-reactive ketones (excluding diaryl/α,β-unsaturated/α-hetero) is 1. The quantitative estimate of drug-likeness (QED) is 0.592. The van der Waals surface area contributed by atoms with Gasteiger partial charge < -0.3 is 9.84 Å². The number of rotatable bonds is 8. The first-order valence-corrected chi connectivity index (χ1v) is 7.33. The van der Waals surface area contributed by atoms with Crippen LogP contribution in [-0.2, 0) is 20.7 Å². The molecule has 0 radical (unpaired) electrons. The van der Waals surface area contributed by atoms with Gasteiger partial charge in [0.25, 0.3) is 0 Å². The largest absolute Gasteiger partial charge is 0.469 e. The van der Waals surface area contributed by atoms with Gasteiger partial charge in [-0.05, 0) is 30.4 Å². The molecule has 0 bridgehead atoms. The summed E-state index contributed by atoms with van der Waals surface area (Å²) in [7, 11) is 1.21. The number of ketones is 1. The lowest BCUT2D eigenvalue weighted by atomic mass is 9.80. The normalized spacial score (nSPS) is 13.7. The number of methoxy groups -OCH3 is 1. The van der Waals surface area contributed by atoms with Crippen LogP contribution in [0.4, 0.5) is 4.39 Å². The van der Waals surface area contributed by atoms with Gasteiger partial charge in [0.15, 0.2) is 0 Å². The van der Waals surface area contributed by atoms with Crippen molar-refractivity contribution in [2.24, 2.45) is 5.92 Å². The lowest BCUT2D eigenvalue weighted by molar-refractivity contribution is -0.144. The van der Waals surface area contributed by atoms with Crippen molar-refractivity contribution >= 4 is 11.8 Å². The van der Waals surface area contributed by atoms with Crippen LogP contribution in [0.25, 0.3) is 0 Å². The van der Waals surface area contributed by atoms with E-state index < -0.39 is 11.6 Å². The van der Waals surface area contributed by atoms with E-state index in [9.17, 15) is 19.1 Å². The Morgan fingerprint density at radius 2 is 1.95 bits per heavy atom. The van der Waals surface area contributed by atoms with Crippen molar-refractivity contribution in [2.75, 3.05) is 7.11 Å². The topological polar surface area (TPSA) is 63.6 Å². The molecule has 0 saturated carbocycles. The van der Waals surface area contributed by atoms with E-state index in [1.165, 1.54) is 13.2 Å². The van der Waals surface area contributed by atoms with Crippen LogP contribution in [0.15, 0.2) is 24.3 Å². The zero-order chi connectivity index (χ0) is 16.8. The summed E-state index contributed by atoms with van der Waals surface area (Å²) in [5.74, 6) is -1.52. The Hall–Kier alpha value is -1.75. The molecule has 0 aliphatic rings. The second-order valence-corrected chi connectivity index (χ2v) is 5.82. The fraction of sp³-hybridized carbons (Fsp3) is 0.529. The molecule has 122 valence electrons. The molecule has 0 fully saturated rings. The van der Waals surface area contributed by atoms with Gasteiger partial charge in [-0.15, -0.1) is 0 Å². The van der Waals surface area contributed by atoms with E-state index in [0.717, 1.165) is 0 Å². The standard InChI is InChI=1S/C17H23FO4/c1-12(2)17(21,11-14(19)10-16(20)22-3)9-8-13-6-4-5-7-15(13)18/h4-7,12,21H,8-11H2,1-3H3. The molecule has 1 aromatic rings. The smallest absolute Gasteiger partial charge is 0.313 e. The predicted octanol–water partition coefficient (Wildman–Crippen LogP) is 2.67. The first-order chi connectivity index (χ1) is 10.3. The van der Waals surface area contributed by atoms with Crippen LogP contribution in [0.1, 0.15) is 38.7 Å². The Bertz CT molecular complexity index is 527. The van der Waals surface area contributed by atoms with Crippen molar-refractivity contribution in [3.8, 4) is 0 Å². The third-order valence-electron chi connectivity index (χ3n) is 3.93. The van der Waals surface area contributed by atoms with Crippen LogP contribution in [0.5, 0.6) is 0 Å². The molecule has 1 N–H and O–H groups in total. The summed E-state index contributed by atoms with van der Waals surface area (Å²) >= 11 is 0. The maximum Gasteiger partial charge on any atom is 0.313 e. The molecular formula is C17H23FO4. The van der Waals surface area contributed by atoms with Gasteiger partial charge in [0.05, 0.1) is 12.7 Å². The van der Waals surface area contributed by atoms with Crippen LogP contribution in [0.2, 0.25) is 0 Å². The summed E-state index contributed by atoms with van der Waals surface area (Å²) in [5, 5.41) is 10.7. The molecule has 1 atom stereocenters. The van der Waals surface area contributed by atoms with Gasteiger partial charge in [0.1, 0.15) is 18.0 Å². The number of benzene rings is 1. The van der Waals surface area contributed by atoms with Gasteiger partial charge >= 0.3 is 5.97 Å². The van der Waals surface area contributed by atoms with Gasteiger partial charge in [-0.3, -0.25) is 9.59 Å². The van der Waals surface area contributed by atoms with Crippen LogP contribution in [-0.4, -0.2) is 29.6 Å². The molecule has 0 spiro atoms. The minimum absolute atomic E-state index is 0.145. The molecule has 0 aliphatic heterocycles. The Morgan fingerprint density at radius 3 is 2.50 bits per heavy atom. The van der Waals surface area contributed by atoms with Crippen LogP contribution >= 0.6 is 0 Å². The number of ether oxygens (including phenoxy) is 1. The maximum absolute atomic E-state index is 13.6. The van der Waals surface area contributed by atoms with E-state index in [0.29, 0.717) is 12.0 Å².